The van der Waals surface area contributed by atoms with Gasteiger partial charge in [0, 0.05) is 25.6 Å². The molecule has 1 fully saturated rings. The van der Waals surface area contributed by atoms with Crippen molar-refractivity contribution in [3.8, 4) is 0 Å². The van der Waals surface area contributed by atoms with E-state index < -0.39 is 0 Å². The molecular weight excluding hydrogens is 216 g/mol. The summed E-state index contributed by atoms with van der Waals surface area (Å²) in [6.45, 7) is 7.53. The molecule has 1 rings (SSSR count). The Morgan fingerprint density at radius 2 is 2.24 bits per heavy atom. The minimum Gasteiger partial charge on any atom is -0.353 e. The monoisotopic (exact) mass is 240 g/mol. The summed E-state index contributed by atoms with van der Waals surface area (Å²) in [4.78, 5) is 25.4. The van der Waals surface area contributed by atoms with E-state index in [2.05, 4.69) is 12.2 Å². The summed E-state index contributed by atoms with van der Waals surface area (Å²) in [5.74, 6) is 0.0165. The van der Waals surface area contributed by atoms with Gasteiger partial charge in [-0.3, -0.25) is 9.59 Å². The molecule has 1 aliphatic heterocycles. The summed E-state index contributed by atoms with van der Waals surface area (Å²) in [5, 5.41) is 2.95. The van der Waals surface area contributed by atoms with E-state index in [-0.39, 0.29) is 23.8 Å². The van der Waals surface area contributed by atoms with E-state index in [1.807, 2.05) is 18.7 Å². The minimum absolute atomic E-state index is 0.0340. The molecule has 1 saturated heterocycles. The van der Waals surface area contributed by atoms with Crippen LogP contribution in [0.5, 0.6) is 0 Å². The van der Waals surface area contributed by atoms with Crippen LogP contribution < -0.4 is 5.32 Å². The molecule has 0 spiro atoms. The molecule has 4 heteroatoms. The van der Waals surface area contributed by atoms with E-state index in [0.717, 1.165) is 25.8 Å². The Morgan fingerprint density at radius 1 is 1.53 bits per heavy atom. The fourth-order valence-electron chi connectivity index (χ4n) is 1.98. The second-order valence-electron chi connectivity index (χ2n) is 4.91. The maximum atomic E-state index is 11.9. The molecule has 0 bridgehead atoms. The van der Waals surface area contributed by atoms with Crippen LogP contribution in [0.4, 0.5) is 0 Å². The Kier molecular flexibility index (Phi) is 5.45. The molecule has 98 valence electrons. The van der Waals surface area contributed by atoms with E-state index in [9.17, 15) is 9.59 Å². The zero-order valence-electron chi connectivity index (χ0n) is 11.2. The zero-order chi connectivity index (χ0) is 12.8. The van der Waals surface area contributed by atoms with E-state index in [0.29, 0.717) is 13.0 Å². The van der Waals surface area contributed by atoms with Crippen molar-refractivity contribution >= 4 is 11.8 Å². The molecule has 0 aromatic rings. The largest absolute Gasteiger partial charge is 0.353 e. The number of hydrogen-bond acceptors (Lipinski definition) is 2. The van der Waals surface area contributed by atoms with Gasteiger partial charge in [-0.25, -0.2) is 0 Å². The third-order valence-electron chi connectivity index (χ3n) is 3.37. The number of unbranched alkanes of at least 4 members (excludes halogenated alkanes) is 1. The van der Waals surface area contributed by atoms with Gasteiger partial charge in [-0.05, 0) is 19.8 Å². The summed E-state index contributed by atoms with van der Waals surface area (Å²) < 4.78 is 0. The van der Waals surface area contributed by atoms with Gasteiger partial charge >= 0.3 is 0 Å². The molecule has 17 heavy (non-hydrogen) atoms. The molecule has 2 atom stereocenters. The van der Waals surface area contributed by atoms with E-state index in [1.54, 1.807) is 0 Å². The smallest absolute Gasteiger partial charge is 0.225 e. The zero-order valence-corrected chi connectivity index (χ0v) is 11.2. The lowest BCUT2D eigenvalue weighted by Gasteiger charge is -2.17. The van der Waals surface area contributed by atoms with E-state index in [1.165, 1.54) is 0 Å². The lowest BCUT2D eigenvalue weighted by atomic mass is 10.1. The Balaban J connectivity index is 2.42. The third kappa shape index (κ3) is 4.02. The fraction of sp³-hybridized carbons (Fsp3) is 0.846. The second-order valence-corrected chi connectivity index (χ2v) is 4.91. The Bertz CT molecular complexity index is 279. The van der Waals surface area contributed by atoms with Crippen molar-refractivity contribution < 1.29 is 9.59 Å². The van der Waals surface area contributed by atoms with Gasteiger partial charge in [0.05, 0.1) is 5.92 Å². The molecule has 1 heterocycles. The van der Waals surface area contributed by atoms with Gasteiger partial charge < -0.3 is 10.2 Å². The summed E-state index contributed by atoms with van der Waals surface area (Å²) in [7, 11) is 0. The lowest BCUT2D eigenvalue weighted by Crippen LogP contribution is -2.38. The van der Waals surface area contributed by atoms with Crippen LogP contribution in [0.15, 0.2) is 0 Å². The molecule has 0 radical (unpaired) electrons. The van der Waals surface area contributed by atoms with Crippen molar-refractivity contribution in [1.82, 2.24) is 10.2 Å². The van der Waals surface area contributed by atoms with Gasteiger partial charge in [-0.15, -0.1) is 0 Å². The topological polar surface area (TPSA) is 49.4 Å². The second kappa shape index (κ2) is 6.62. The van der Waals surface area contributed by atoms with Crippen LogP contribution in [0.3, 0.4) is 0 Å². The summed E-state index contributed by atoms with van der Waals surface area (Å²) >= 11 is 0. The quantitative estimate of drug-likeness (QED) is 0.766. The van der Waals surface area contributed by atoms with Gasteiger partial charge in [0.1, 0.15) is 0 Å². The average molecular weight is 240 g/mol. The first-order valence-corrected chi connectivity index (χ1v) is 6.66. The standard InChI is InChI=1S/C13H24N2O2/c1-4-6-7-15-9-11(8-12(15)16)13(17)14-10(3)5-2/h10-11H,4-9H2,1-3H3,(H,14,17). The van der Waals surface area contributed by atoms with Crippen LogP contribution in [0.25, 0.3) is 0 Å². The highest BCUT2D eigenvalue weighted by atomic mass is 16.2. The van der Waals surface area contributed by atoms with Crippen LogP contribution in [0.2, 0.25) is 0 Å². The normalized spacial score (nSPS) is 21.7. The molecule has 2 unspecified atom stereocenters. The maximum absolute atomic E-state index is 11.9. The first-order valence-electron chi connectivity index (χ1n) is 6.66. The van der Waals surface area contributed by atoms with Crippen molar-refractivity contribution in [3.05, 3.63) is 0 Å². The molecule has 1 aliphatic rings. The maximum Gasteiger partial charge on any atom is 0.225 e. The molecular formula is C13H24N2O2. The minimum atomic E-state index is -0.145. The molecule has 1 N–H and O–H groups in total. The number of carbonyl (C=O) groups is 2. The highest BCUT2D eigenvalue weighted by Gasteiger charge is 2.33. The van der Waals surface area contributed by atoms with E-state index >= 15 is 0 Å². The third-order valence-corrected chi connectivity index (χ3v) is 3.37. The number of nitrogens with zero attached hydrogens (tertiary/aromatic N) is 1. The summed E-state index contributed by atoms with van der Waals surface area (Å²) in [5.41, 5.74) is 0. The van der Waals surface area contributed by atoms with Crippen LogP contribution >= 0.6 is 0 Å². The van der Waals surface area contributed by atoms with Crippen LogP contribution in [0.1, 0.15) is 46.5 Å². The highest BCUT2D eigenvalue weighted by molar-refractivity contribution is 5.89. The lowest BCUT2D eigenvalue weighted by molar-refractivity contribution is -0.129. The number of nitrogens with one attached hydrogen (secondary N) is 1. The number of rotatable bonds is 6. The van der Waals surface area contributed by atoms with Crippen molar-refractivity contribution in [2.45, 2.75) is 52.5 Å². The Morgan fingerprint density at radius 3 is 2.82 bits per heavy atom. The summed E-state index contributed by atoms with van der Waals surface area (Å²) in [6.07, 6.45) is 3.40. The first kappa shape index (κ1) is 14.0. The van der Waals surface area contributed by atoms with Crippen LogP contribution in [-0.4, -0.2) is 35.8 Å². The van der Waals surface area contributed by atoms with Gasteiger partial charge in [0.15, 0.2) is 0 Å². The van der Waals surface area contributed by atoms with Gasteiger partial charge in [0.2, 0.25) is 11.8 Å². The fourth-order valence-corrected chi connectivity index (χ4v) is 1.98. The SMILES string of the molecule is CCCCN1CC(C(=O)NC(C)CC)CC1=O. The predicted octanol–water partition coefficient (Wildman–Crippen LogP) is 1.55. The van der Waals surface area contributed by atoms with Gasteiger partial charge in [-0.1, -0.05) is 20.3 Å². The van der Waals surface area contributed by atoms with Crippen molar-refractivity contribution in [2.75, 3.05) is 13.1 Å². The number of carbonyl (C=O) groups excluding carboxylic acids is 2. The Hall–Kier alpha value is -1.06. The summed E-state index contributed by atoms with van der Waals surface area (Å²) in [6, 6.07) is 0.197. The number of likely N-dealkylation sites (tertiary alicyclic amines) is 1. The highest BCUT2D eigenvalue weighted by Crippen LogP contribution is 2.18. The van der Waals surface area contributed by atoms with Crippen LogP contribution in [0, 0.1) is 5.92 Å². The van der Waals surface area contributed by atoms with Crippen molar-refractivity contribution in [1.29, 1.82) is 0 Å². The molecule has 0 aromatic carbocycles. The molecule has 4 nitrogen and oxygen atoms in total. The first-order chi connectivity index (χ1) is 8.08. The molecule has 0 aliphatic carbocycles. The predicted molar refractivity (Wildman–Crippen MR) is 67.5 cm³/mol. The van der Waals surface area contributed by atoms with Crippen molar-refractivity contribution in [3.63, 3.8) is 0 Å². The molecule has 0 saturated carbocycles. The van der Waals surface area contributed by atoms with Gasteiger partial charge in [-0.2, -0.15) is 0 Å². The molecule has 0 aromatic heterocycles. The van der Waals surface area contributed by atoms with Crippen molar-refractivity contribution in [2.24, 2.45) is 5.92 Å². The van der Waals surface area contributed by atoms with Crippen LogP contribution in [-0.2, 0) is 9.59 Å². The molecule has 2 amide bonds. The van der Waals surface area contributed by atoms with E-state index in [4.69, 9.17) is 0 Å². The average Bonchev–Trinajstić information content (AvgIpc) is 2.68. The number of hydrogen-bond donors (Lipinski definition) is 1. The Labute approximate surface area is 104 Å². The van der Waals surface area contributed by atoms with Gasteiger partial charge in [0.25, 0.3) is 0 Å². The number of amides is 2.